The third kappa shape index (κ3) is 8.05. The van der Waals surface area contributed by atoms with Gasteiger partial charge in [0.05, 0.1) is 6.17 Å². The van der Waals surface area contributed by atoms with E-state index in [1.54, 1.807) is 0 Å². The van der Waals surface area contributed by atoms with Crippen molar-refractivity contribution >= 4 is 0 Å². The van der Waals surface area contributed by atoms with Crippen LogP contribution in [0, 0.1) is 0 Å². The Morgan fingerprint density at radius 3 is 2.38 bits per heavy atom. The summed E-state index contributed by atoms with van der Waals surface area (Å²) < 4.78 is 0. The molecular weight excluding hydrogens is 200 g/mol. The molecule has 16 heavy (non-hydrogen) atoms. The summed E-state index contributed by atoms with van der Waals surface area (Å²) in [5.74, 6) is 0. The fraction of sp³-hybridized carbons (Fsp3) is 1.00. The van der Waals surface area contributed by atoms with Gasteiger partial charge in [-0.3, -0.25) is 4.90 Å². The van der Waals surface area contributed by atoms with E-state index >= 15 is 0 Å². The first-order chi connectivity index (χ1) is 7.76. The molecule has 0 aliphatic rings. The largest absolute Gasteiger partial charge is 0.329 e. The zero-order chi connectivity index (χ0) is 12.2. The number of nitrogens with one attached hydrogen (secondary N) is 1. The lowest BCUT2D eigenvalue weighted by molar-refractivity contribution is 0.197. The average Bonchev–Trinajstić information content (AvgIpc) is 2.29. The Bertz CT molecular complexity index is 141. The minimum absolute atomic E-state index is 0.104. The smallest absolute Gasteiger partial charge is 0.0700 e. The molecular formula is C12H30N4. The summed E-state index contributed by atoms with van der Waals surface area (Å²) in [4.78, 5) is 2.28. The van der Waals surface area contributed by atoms with Gasteiger partial charge in [-0.1, -0.05) is 26.7 Å². The molecule has 5 N–H and O–H groups in total. The third-order valence-corrected chi connectivity index (χ3v) is 2.74. The quantitative estimate of drug-likeness (QED) is 0.361. The number of nitrogens with zero attached hydrogens (tertiary/aromatic N) is 1. The van der Waals surface area contributed by atoms with Gasteiger partial charge in [-0.25, -0.2) is 0 Å². The van der Waals surface area contributed by atoms with Crippen molar-refractivity contribution < 1.29 is 0 Å². The van der Waals surface area contributed by atoms with Crippen LogP contribution in [0.2, 0.25) is 0 Å². The minimum Gasteiger partial charge on any atom is -0.329 e. The van der Waals surface area contributed by atoms with Crippen molar-refractivity contribution in [3.05, 3.63) is 0 Å². The molecule has 1 atom stereocenters. The molecule has 0 fully saturated rings. The van der Waals surface area contributed by atoms with E-state index in [0.29, 0.717) is 6.54 Å². The zero-order valence-electron chi connectivity index (χ0n) is 11.0. The molecule has 1 unspecified atom stereocenters. The molecule has 4 nitrogen and oxygen atoms in total. The Hall–Kier alpha value is -0.160. The van der Waals surface area contributed by atoms with Crippen LogP contribution in [0.3, 0.4) is 0 Å². The lowest BCUT2D eigenvalue weighted by Gasteiger charge is -2.28. The molecule has 0 aliphatic carbocycles. The first kappa shape index (κ1) is 15.8. The van der Waals surface area contributed by atoms with Crippen LogP contribution in [0.5, 0.6) is 0 Å². The molecule has 0 saturated carbocycles. The standard InChI is InChI=1S/C12H30N4/c1-3-5-8-15-11-12(14)16(10-7-13)9-6-4-2/h12,15H,3-11,13-14H2,1-2H3. The zero-order valence-corrected chi connectivity index (χ0v) is 11.0. The predicted octanol–water partition coefficient (Wildman–Crippen LogP) is 0.722. The van der Waals surface area contributed by atoms with Crippen molar-refractivity contribution in [1.29, 1.82) is 0 Å². The summed E-state index contributed by atoms with van der Waals surface area (Å²) in [5, 5.41) is 3.39. The molecule has 4 heteroatoms. The van der Waals surface area contributed by atoms with Crippen LogP contribution in [0.4, 0.5) is 0 Å². The summed E-state index contributed by atoms with van der Waals surface area (Å²) >= 11 is 0. The lowest BCUT2D eigenvalue weighted by atomic mass is 10.3. The minimum atomic E-state index is 0.104. The molecule has 0 spiro atoms. The number of unbranched alkanes of at least 4 members (excludes halogenated alkanes) is 2. The Morgan fingerprint density at radius 2 is 1.81 bits per heavy atom. The van der Waals surface area contributed by atoms with Gasteiger partial charge in [-0.15, -0.1) is 0 Å². The molecule has 0 bridgehead atoms. The van der Waals surface area contributed by atoms with Crippen LogP contribution < -0.4 is 16.8 Å². The summed E-state index contributed by atoms with van der Waals surface area (Å²) in [7, 11) is 0. The second-order valence-electron chi connectivity index (χ2n) is 4.30. The van der Waals surface area contributed by atoms with Crippen LogP contribution in [0.1, 0.15) is 39.5 Å². The molecule has 0 aromatic heterocycles. The predicted molar refractivity (Wildman–Crippen MR) is 71.3 cm³/mol. The van der Waals surface area contributed by atoms with Gasteiger partial charge in [0.2, 0.25) is 0 Å². The fourth-order valence-electron chi connectivity index (χ4n) is 1.65. The maximum Gasteiger partial charge on any atom is 0.0700 e. The molecule has 0 rings (SSSR count). The van der Waals surface area contributed by atoms with E-state index in [1.807, 2.05) is 0 Å². The van der Waals surface area contributed by atoms with Gasteiger partial charge in [-0.2, -0.15) is 0 Å². The second kappa shape index (κ2) is 11.3. The van der Waals surface area contributed by atoms with Crippen LogP contribution in [-0.2, 0) is 0 Å². The SMILES string of the molecule is CCCCNCC(N)N(CCN)CCCC. The fourth-order valence-corrected chi connectivity index (χ4v) is 1.65. The van der Waals surface area contributed by atoms with Crippen LogP contribution in [0.25, 0.3) is 0 Å². The van der Waals surface area contributed by atoms with Gasteiger partial charge in [0, 0.05) is 19.6 Å². The Morgan fingerprint density at radius 1 is 1.12 bits per heavy atom. The molecule has 0 aromatic carbocycles. The van der Waals surface area contributed by atoms with Crippen LogP contribution in [-0.4, -0.2) is 43.8 Å². The molecule has 0 amide bonds. The number of nitrogens with two attached hydrogens (primary N) is 2. The molecule has 0 radical (unpaired) electrons. The molecule has 0 aromatic rings. The maximum atomic E-state index is 6.13. The van der Waals surface area contributed by atoms with Crippen molar-refractivity contribution in [3.63, 3.8) is 0 Å². The first-order valence-electron chi connectivity index (χ1n) is 6.66. The van der Waals surface area contributed by atoms with Crippen molar-refractivity contribution in [2.24, 2.45) is 11.5 Å². The highest BCUT2D eigenvalue weighted by atomic mass is 15.2. The van der Waals surface area contributed by atoms with E-state index in [-0.39, 0.29) is 6.17 Å². The van der Waals surface area contributed by atoms with Gasteiger partial charge >= 0.3 is 0 Å². The highest BCUT2D eigenvalue weighted by Gasteiger charge is 2.11. The molecule has 0 saturated heterocycles. The molecule has 0 heterocycles. The van der Waals surface area contributed by atoms with E-state index in [0.717, 1.165) is 26.2 Å². The summed E-state index contributed by atoms with van der Waals surface area (Å²) in [6, 6.07) is 0. The second-order valence-corrected chi connectivity index (χ2v) is 4.30. The highest BCUT2D eigenvalue weighted by molar-refractivity contribution is 4.68. The lowest BCUT2D eigenvalue weighted by Crippen LogP contribution is -2.50. The molecule has 0 aliphatic heterocycles. The highest BCUT2D eigenvalue weighted by Crippen LogP contribution is 1.97. The third-order valence-electron chi connectivity index (χ3n) is 2.74. The normalized spacial score (nSPS) is 13.3. The van der Waals surface area contributed by atoms with E-state index < -0.39 is 0 Å². The van der Waals surface area contributed by atoms with E-state index in [1.165, 1.54) is 25.7 Å². The van der Waals surface area contributed by atoms with Gasteiger partial charge in [0.15, 0.2) is 0 Å². The Kier molecular flexibility index (Phi) is 11.2. The van der Waals surface area contributed by atoms with Gasteiger partial charge in [0.25, 0.3) is 0 Å². The molecule has 98 valence electrons. The average molecular weight is 230 g/mol. The van der Waals surface area contributed by atoms with Crippen molar-refractivity contribution in [3.8, 4) is 0 Å². The number of hydrogen-bond acceptors (Lipinski definition) is 4. The number of rotatable bonds is 11. The van der Waals surface area contributed by atoms with E-state index in [9.17, 15) is 0 Å². The summed E-state index contributed by atoms with van der Waals surface area (Å²) in [6.45, 7) is 8.97. The van der Waals surface area contributed by atoms with Crippen molar-refractivity contribution in [2.45, 2.75) is 45.7 Å². The van der Waals surface area contributed by atoms with Crippen LogP contribution in [0.15, 0.2) is 0 Å². The maximum absolute atomic E-state index is 6.13. The Balaban J connectivity index is 3.72. The van der Waals surface area contributed by atoms with E-state index in [2.05, 4.69) is 24.1 Å². The topological polar surface area (TPSA) is 67.3 Å². The van der Waals surface area contributed by atoms with Gasteiger partial charge in [-0.05, 0) is 25.9 Å². The Labute approximate surface area is 101 Å². The monoisotopic (exact) mass is 230 g/mol. The first-order valence-corrected chi connectivity index (χ1v) is 6.66. The summed E-state index contributed by atoms with van der Waals surface area (Å²) in [6.07, 6.45) is 4.95. The van der Waals surface area contributed by atoms with Crippen LogP contribution >= 0.6 is 0 Å². The van der Waals surface area contributed by atoms with Gasteiger partial charge < -0.3 is 16.8 Å². The summed E-state index contributed by atoms with van der Waals surface area (Å²) in [5.41, 5.74) is 11.7. The van der Waals surface area contributed by atoms with E-state index in [4.69, 9.17) is 11.5 Å². The van der Waals surface area contributed by atoms with Crippen molar-refractivity contribution in [1.82, 2.24) is 10.2 Å². The van der Waals surface area contributed by atoms with Crippen molar-refractivity contribution in [2.75, 3.05) is 32.7 Å². The van der Waals surface area contributed by atoms with Gasteiger partial charge in [0.1, 0.15) is 0 Å². The number of hydrogen-bond donors (Lipinski definition) is 3.